The Morgan fingerprint density at radius 2 is 2.15 bits per heavy atom. The molecule has 0 aliphatic rings. The van der Waals surface area contributed by atoms with Gasteiger partial charge in [0.25, 0.3) is 0 Å². The largest absolute Gasteiger partial charge is 0.366 e. The van der Waals surface area contributed by atoms with Gasteiger partial charge in [-0.2, -0.15) is 5.10 Å². The highest BCUT2D eigenvalue weighted by atomic mass is 15.2. The molecule has 0 aliphatic carbocycles. The summed E-state index contributed by atoms with van der Waals surface area (Å²) in [6.07, 6.45) is 1.14. The Hall–Kier alpha value is -0.990. The second kappa shape index (κ2) is 4.30. The van der Waals surface area contributed by atoms with Gasteiger partial charge < -0.3 is 5.32 Å². The second-order valence-corrected chi connectivity index (χ2v) is 3.82. The number of nitrogens with one attached hydrogen (secondary N) is 2. The molecule has 0 fully saturated rings. The SMILES string of the molecule is CCC(C)c1cc(NC(C)C)n[nH]1. The number of H-pyrrole nitrogens is 1. The topological polar surface area (TPSA) is 40.7 Å². The van der Waals surface area contributed by atoms with Gasteiger partial charge in [-0.1, -0.05) is 13.8 Å². The Morgan fingerprint density at radius 3 is 2.69 bits per heavy atom. The molecule has 0 amide bonds. The molecule has 1 atom stereocenters. The lowest BCUT2D eigenvalue weighted by atomic mass is 10.1. The highest BCUT2D eigenvalue weighted by Crippen LogP contribution is 2.18. The maximum Gasteiger partial charge on any atom is 0.148 e. The third-order valence-corrected chi connectivity index (χ3v) is 2.18. The first-order valence-corrected chi connectivity index (χ1v) is 4.95. The van der Waals surface area contributed by atoms with Gasteiger partial charge in [-0.05, 0) is 26.2 Å². The smallest absolute Gasteiger partial charge is 0.148 e. The molecular formula is C10H19N3. The molecule has 1 aromatic rings. The van der Waals surface area contributed by atoms with E-state index >= 15 is 0 Å². The van der Waals surface area contributed by atoms with Gasteiger partial charge in [0.05, 0.1) is 0 Å². The fourth-order valence-electron chi connectivity index (χ4n) is 1.18. The number of nitrogens with zero attached hydrogens (tertiary/aromatic N) is 1. The summed E-state index contributed by atoms with van der Waals surface area (Å²) in [5, 5.41) is 10.5. The molecule has 0 bridgehead atoms. The quantitative estimate of drug-likeness (QED) is 0.749. The maximum absolute atomic E-state index is 4.19. The number of aromatic amines is 1. The van der Waals surface area contributed by atoms with E-state index in [4.69, 9.17) is 0 Å². The fraction of sp³-hybridized carbons (Fsp3) is 0.700. The van der Waals surface area contributed by atoms with Crippen molar-refractivity contribution in [3.05, 3.63) is 11.8 Å². The summed E-state index contributed by atoms with van der Waals surface area (Å²) < 4.78 is 0. The molecule has 3 heteroatoms. The van der Waals surface area contributed by atoms with Crippen molar-refractivity contribution < 1.29 is 0 Å². The molecule has 1 heterocycles. The van der Waals surface area contributed by atoms with E-state index in [9.17, 15) is 0 Å². The normalized spacial score (nSPS) is 13.3. The van der Waals surface area contributed by atoms with Crippen LogP contribution in [-0.2, 0) is 0 Å². The predicted molar refractivity (Wildman–Crippen MR) is 56.1 cm³/mol. The minimum Gasteiger partial charge on any atom is -0.366 e. The molecule has 2 N–H and O–H groups in total. The highest BCUT2D eigenvalue weighted by Gasteiger charge is 2.07. The number of anilines is 1. The molecule has 13 heavy (non-hydrogen) atoms. The van der Waals surface area contributed by atoms with E-state index in [0.717, 1.165) is 12.2 Å². The number of hydrogen-bond donors (Lipinski definition) is 2. The molecule has 74 valence electrons. The van der Waals surface area contributed by atoms with Crippen LogP contribution in [0, 0.1) is 0 Å². The summed E-state index contributed by atoms with van der Waals surface area (Å²) in [6, 6.07) is 2.53. The summed E-state index contributed by atoms with van der Waals surface area (Å²) in [6.45, 7) is 8.60. The lowest BCUT2D eigenvalue weighted by Crippen LogP contribution is -2.09. The average Bonchev–Trinajstić information content (AvgIpc) is 2.50. The molecule has 0 spiro atoms. The predicted octanol–water partition coefficient (Wildman–Crippen LogP) is 2.74. The summed E-state index contributed by atoms with van der Waals surface area (Å²) in [7, 11) is 0. The molecule has 1 unspecified atom stereocenters. The maximum atomic E-state index is 4.19. The fourth-order valence-corrected chi connectivity index (χ4v) is 1.18. The van der Waals surface area contributed by atoms with E-state index in [2.05, 4.69) is 49.3 Å². The lowest BCUT2D eigenvalue weighted by Gasteiger charge is -2.05. The Labute approximate surface area is 79.9 Å². The van der Waals surface area contributed by atoms with Gasteiger partial charge in [0.2, 0.25) is 0 Å². The zero-order chi connectivity index (χ0) is 9.84. The van der Waals surface area contributed by atoms with Crippen molar-refractivity contribution >= 4 is 5.82 Å². The molecule has 0 saturated carbocycles. The molecule has 0 aliphatic heterocycles. The zero-order valence-corrected chi connectivity index (χ0v) is 8.89. The van der Waals surface area contributed by atoms with Crippen molar-refractivity contribution in [2.45, 2.75) is 46.1 Å². The van der Waals surface area contributed by atoms with Crippen molar-refractivity contribution in [3.8, 4) is 0 Å². The number of aromatic nitrogens is 2. The first-order valence-electron chi connectivity index (χ1n) is 4.95. The molecule has 1 rings (SSSR count). The van der Waals surface area contributed by atoms with Gasteiger partial charge in [-0.3, -0.25) is 5.10 Å². The molecule has 3 nitrogen and oxygen atoms in total. The first-order chi connectivity index (χ1) is 6.13. The molecular weight excluding hydrogens is 162 g/mol. The van der Waals surface area contributed by atoms with E-state index in [1.165, 1.54) is 5.69 Å². The van der Waals surface area contributed by atoms with Crippen molar-refractivity contribution in [2.24, 2.45) is 0 Å². The number of rotatable bonds is 4. The number of hydrogen-bond acceptors (Lipinski definition) is 2. The summed E-state index contributed by atoms with van der Waals surface area (Å²) in [5.74, 6) is 1.51. The molecule has 0 saturated heterocycles. The van der Waals surface area contributed by atoms with Crippen LogP contribution in [0.3, 0.4) is 0 Å². The lowest BCUT2D eigenvalue weighted by molar-refractivity contribution is 0.703. The average molecular weight is 181 g/mol. The second-order valence-electron chi connectivity index (χ2n) is 3.82. The molecule has 0 aromatic carbocycles. The van der Waals surface area contributed by atoms with Crippen LogP contribution in [-0.4, -0.2) is 16.2 Å². The van der Waals surface area contributed by atoms with E-state index in [-0.39, 0.29) is 0 Å². The van der Waals surface area contributed by atoms with Crippen LogP contribution in [0.1, 0.15) is 45.7 Å². The summed E-state index contributed by atoms with van der Waals surface area (Å²) in [5.41, 5.74) is 1.21. The summed E-state index contributed by atoms with van der Waals surface area (Å²) in [4.78, 5) is 0. The van der Waals surface area contributed by atoms with Crippen molar-refractivity contribution in [2.75, 3.05) is 5.32 Å². The van der Waals surface area contributed by atoms with Crippen LogP contribution in [0.25, 0.3) is 0 Å². The third-order valence-electron chi connectivity index (χ3n) is 2.18. The van der Waals surface area contributed by atoms with Crippen LogP contribution < -0.4 is 5.32 Å². The standard InChI is InChI=1S/C10H19N3/c1-5-8(4)9-6-10(13-12-9)11-7(2)3/h6-8H,5H2,1-4H3,(H2,11,12,13). The van der Waals surface area contributed by atoms with Gasteiger partial charge in [-0.25, -0.2) is 0 Å². The van der Waals surface area contributed by atoms with Crippen molar-refractivity contribution in [3.63, 3.8) is 0 Å². The van der Waals surface area contributed by atoms with Crippen LogP contribution in [0.2, 0.25) is 0 Å². The first kappa shape index (κ1) is 10.1. The van der Waals surface area contributed by atoms with E-state index in [1.54, 1.807) is 0 Å². The van der Waals surface area contributed by atoms with E-state index < -0.39 is 0 Å². The Bertz CT molecular complexity index is 252. The van der Waals surface area contributed by atoms with Crippen molar-refractivity contribution in [1.82, 2.24) is 10.2 Å². The van der Waals surface area contributed by atoms with Crippen molar-refractivity contribution in [1.29, 1.82) is 0 Å². The van der Waals surface area contributed by atoms with E-state index in [1.807, 2.05) is 0 Å². The van der Waals surface area contributed by atoms with Gasteiger partial charge in [0, 0.05) is 17.8 Å². The van der Waals surface area contributed by atoms with Gasteiger partial charge >= 0.3 is 0 Å². The van der Waals surface area contributed by atoms with Gasteiger partial charge in [-0.15, -0.1) is 0 Å². The zero-order valence-electron chi connectivity index (χ0n) is 8.89. The minimum absolute atomic E-state index is 0.438. The Kier molecular flexibility index (Phi) is 3.34. The van der Waals surface area contributed by atoms with Crippen LogP contribution in [0.15, 0.2) is 6.07 Å². The van der Waals surface area contributed by atoms with Gasteiger partial charge in [0.1, 0.15) is 5.82 Å². The minimum atomic E-state index is 0.438. The van der Waals surface area contributed by atoms with Gasteiger partial charge in [0.15, 0.2) is 0 Å². The van der Waals surface area contributed by atoms with Crippen LogP contribution >= 0.6 is 0 Å². The Morgan fingerprint density at radius 1 is 1.46 bits per heavy atom. The van der Waals surface area contributed by atoms with Crippen LogP contribution in [0.4, 0.5) is 5.82 Å². The molecule has 1 aromatic heterocycles. The Balaban J connectivity index is 2.63. The van der Waals surface area contributed by atoms with E-state index in [0.29, 0.717) is 12.0 Å². The van der Waals surface area contributed by atoms with Crippen LogP contribution in [0.5, 0.6) is 0 Å². The summed E-state index contributed by atoms with van der Waals surface area (Å²) >= 11 is 0. The highest BCUT2D eigenvalue weighted by molar-refractivity contribution is 5.36. The molecule has 0 radical (unpaired) electrons. The third kappa shape index (κ3) is 2.76. The monoisotopic (exact) mass is 181 g/mol.